The maximum absolute atomic E-state index is 13.9. The molecule has 0 amide bonds. The van der Waals surface area contributed by atoms with Gasteiger partial charge in [0.2, 0.25) is 0 Å². The topological polar surface area (TPSA) is 0 Å². The van der Waals surface area contributed by atoms with Gasteiger partial charge in [-0.25, -0.2) is 13.2 Å². The van der Waals surface area contributed by atoms with Gasteiger partial charge in [-0.15, -0.1) is 11.6 Å². The summed E-state index contributed by atoms with van der Waals surface area (Å²) in [6.45, 7) is 0. The largest absolute Gasteiger partial charge is 0.207 e. The summed E-state index contributed by atoms with van der Waals surface area (Å²) in [5, 5.41) is 0.209. The Kier molecular flexibility index (Phi) is 3.60. The van der Waals surface area contributed by atoms with Crippen LogP contribution in [0.25, 0.3) is 10.8 Å². The third-order valence-electron chi connectivity index (χ3n) is 3.41. The predicted octanol–water partition coefficient (Wildman–Crippen LogP) is 5.59. The van der Waals surface area contributed by atoms with Crippen molar-refractivity contribution in [3.63, 3.8) is 0 Å². The molecule has 0 radical (unpaired) electrons. The zero-order valence-electron chi connectivity index (χ0n) is 10.8. The van der Waals surface area contributed by atoms with Crippen LogP contribution in [-0.2, 0) is 0 Å². The molecule has 0 aliphatic carbocycles. The van der Waals surface area contributed by atoms with Gasteiger partial charge in [0.1, 0.15) is 17.5 Å². The molecule has 4 heteroatoms. The minimum atomic E-state index is -0.823. The van der Waals surface area contributed by atoms with Crippen LogP contribution in [0.4, 0.5) is 13.2 Å². The Morgan fingerprint density at radius 2 is 1.38 bits per heavy atom. The van der Waals surface area contributed by atoms with Crippen LogP contribution in [0.1, 0.15) is 16.5 Å². The van der Waals surface area contributed by atoms with Crippen molar-refractivity contribution in [1.29, 1.82) is 0 Å². The van der Waals surface area contributed by atoms with E-state index >= 15 is 0 Å². The fourth-order valence-electron chi connectivity index (χ4n) is 2.38. The standard InChI is InChI=1S/C17H10ClF3/c18-17(14-6-5-10(19)9-16(14)21)13-7-8-15(20)12-4-2-1-3-11(12)13/h1-9,17H. The summed E-state index contributed by atoms with van der Waals surface area (Å²) in [6.07, 6.45) is 0. The van der Waals surface area contributed by atoms with E-state index in [0.717, 1.165) is 12.1 Å². The molecular formula is C17H10ClF3. The number of halogens is 4. The summed E-state index contributed by atoms with van der Waals surface area (Å²) in [5.41, 5.74) is 0.744. The first-order valence-electron chi connectivity index (χ1n) is 6.34. The van der Waals surface area contributed by atoms with Crippen molar-refractivity contribution in [2.75, 3.05) is 0 Å². The molecule has 0 saturated carbocycles. The lowest BCUT2D eigenvalue weighted by atomic mass is 9.97. The zero-order valence-corrected chi connectivity index (χ0v) is 11.5. The van der Waals surface area contributed by atoms with E-state index in [2.05, 4.69) is 0 Å². The Hall–Kier alpha value is -2.00. The van der Waals surface area contributed by atoms with E-state index in [1.807, 2.05) is 0 Å². The number of benzene rings is 3. The summed E-state index contributed by atoms with van der Waals surface area (Å²) < 4.78 is 40.7. The summed E-state index contributed by atoms with van der Waals surface area (Å²) in [7, 11) is 0. The lowest BCUT2D eigenvalue weighted by Gasteiger charge is -2.14. The molecule has 21 heavy (non-hydrogen) atoms. The Balaban J connectivity index is 2.18. The number of hydrogen-bond acceptors (Lipinski definition) is 0. The van der Waals surface area contributed by atoms with Crippen molar-refractivity contribution in [1.82, 2.24) is 0 Å². The van der Waals surface area contributed by atoms with Crippen molar-refractivity contribution in [3.05, 3.63) is 83.2 Å². The summed E-state index contributed by atoms with van der Waals surface area (Å²) in [4.78, 5) is 0. The van der Waals surface area contributed by atoms with Crippen LogP contribution in [0.15, 0.2) is 54.6 Å². The van der Waals surface area contributed by atoms with Gasteiger partial charge in [0, 0.05) is 17.0 Å². The quantitative estimate of drug-likeness (QED) is 0.542. The number of hydrogen-bond donors (Lipinski definition) is 0. The normalized spacial score (nSPS) is 12.6. The molecular weight excluding hydrogens is 297 g/mol. The highest BCUT2D eigenvalue weighted by Gasteiger charge is 2.19. The molecule has 1 atom stereocenters. The molecule has 0 aromatic heterocycles. The van der Waals surface area contributed by atoms with Gasteiger partial charge in [-0.05, 0) is 23.1 Å². The molecule has 3 rings (SSSR count). The Labute approximate surface area is 124 Å². The second-order valence-electron chi connectivity index (χ2n) is 4.71. The second-order valence-corrected chi connectivity index (χ2v) is 5.15. The van der Waals surface area contributed by atoms with Gasteiger partial charge in [0.15, 0.2) is 0 Å². The van der Waals surface area contributed by atoms with E-state index in [1.54, 1.807) is 24.3 Å². The van der Waals surface area contributed by atoms with Crippen molar-refractivity contribution in [2.24, 2.45) is 0 Å². The minimum Gasteiger partial charge on any atom is -0.207 e. The van der Waals surface area contributed by atoms with Crippen LogP contribution in [-0.4, -0.2) is 0 Å². The van der Waals surface area contributed by atoms with Gasteiger partial charge in [-0.3, -0.25) is 0 Å². The van der Waals surface area contributed by atoms with Crippen LogP contribution in [0.3, 0.4) is 0 Å². The summed E-state index contributed by atoms with van der Waals surface area (Å²) in [6, 6.07) is 12.9. The molecule has 0 spiro atoms. The molecule has 0 saturated heterocycles. The van der Waals surface area contributed by atoms with Crippen LogP contribution in [0.2, 0.25) is 0 Å². The highest BCUT2D eigenvalue weighted by Crippen LogP contribution is 2.35. The van der Waals surface area contributed by atoms with Crippen molar-refractivity contribution in [3.8, 4) is 0 Å². The van der Waals surface area contributed by atoms with Crippen LogP contribution >= 0.6 is 11.6 Å². The predicted molar refractivity (Wildman–Crippen MR) is 78.0 cm³/mol. The number of alkyl halides is 1. The van der Waals surface area contributed by atoms with Gasteiger partial charge >= 0.3 is 0 Å². The first kappa shape index (κ1) is 14.0. The van der Waals surface area contributed by atoms with Gasteiger partial charge < -0.3 is 0 Å². The fraction of sp³-hybridized carbons (Fsp3) is 0.0588. The average Bonchev–Trinajstić information content (AvgIpc) is 2.47. The van der Waals surface area contributed by atoms with E-state index < -0.39 is 17.0 Å². The first-order valence-corrected chi connectivity index (χ1v) is 6.78. The molecule has 0 N–H and O–H groups in total. The number of fused-ring (bicyclic) bond motifs is 1. The van der Waals surface area contributed by atoms with Crippen LogP contribution < -0.4 is 0 Å². The molecule has 1 unspecified atom stereocenters. The van der Waals surface area contributed by atoms with Gasteiger partial charge in [-0.2, -0.15) is 0 Å². The maximum atomic E-state index is 13.9. The highest BCUT2D eigenvalue weighted by atomic mass is 35.5. The lowest BCUT2D eigenvalue weighted by Crippen LogP contribution is -1.99. The Morgan fingerprint density at radius 1 is 0.714 bits per heavy atom. The smallest absolute Gasteiger partial charge is 0.131 e. The molecule has 0 aliphatic heterocycles. The van der Waals surface area contributed by atoms with Gasteiger partial charge in [0.05, 0.1) is 5.38 Å². The zero-order chi connectivity index (χ0) is 15.0. The molecule has 0 aliphatic rings. The molecule has 0 nitrogen and oxygen atoms in total. The maximum Gasteiger partial charge on any atom is 0.131 e. The van der Waals surface area contributed by atoms with Crippen LogP contribution in [0.5, 0.6) is 0 Å². The molecule has 0 heterocycles. The van der Waals surface area contributed by atoms with Crippen molar-refractivity contribution < 1.29 is 13.2 Å². The third-order valence-corrected chi connectivity index (χ3v) is 3.88. The minimum absolute atomic E-state index is 0.162. The first-order chi connectivity index (χ1) is 10.1. The summed E-state index contributed by atoms with van der Waals surface area (Å²) >= 11 is 6.34. The second kappa shape index (κ2) is 5.41. The number of rotatable bonds is 2. The molecule has 0 bridgehead atoms. The van der Waals surface area contributed by atoms with E-state index in [0.29, 0.717) is 16.3 Å². The van der Waals surface area contributed by atoms with E-state index in [4.69, 9.17) is 11.6 Å². The average molecular weight is 307 g/mol. The Morgan fingerprint density at radius 3 is 2.10 bits per heavy atom. The highest BCUT2D eigenvalue weighted by molar-refractivity contribution is 6.23. The molecule has 3 aromatic rings. The Bertz CT molecular complexity index is 814. The van der Waals surface area contributed by atoms with E-state index in [9.17, 15) is 13.2 Å². The summed E-state index contributed by atoms with van der Waals surface area (Å²) in [5.74, 6) is -1.75. The third kappa shape index (κ3) is 2.49. The molecule has 3 aromatic carbocycles. The van der Waals surface area contributed by atoms with Crippen LogP contribution in [0, 0.1) is 17.5 Å². The van der Waals surface area contributed by atoms with E-state index in [-0.39, 0.29) is 11.4 Å². The monoisotopic (exact) mass is 306 g/mol. The molecule has 106 valence electrons. The van der Waals surface area contributed by atoms with Gasteiger partial charge in [-0.1, -0.05) is 36.4 Å². The lowest BCUT2D eigenvalue weighted by molar-refractivity contribution is 0.573. The molecule has 0 fully saturated rings. The van der Waals surface area contributed by atoms with Crippen molar-refractivity contribution >= 4 is 22.4 Å². The SMILES string of the molecule is Fc1ccc(C(Cl)c2ccc(F)c3ccccc23)c(F)c1. The fourth-order valence-corrected chi connectivity index (χ4v) is 2.75. The van der Waals surface area contributed by atoms with Crippen molar-refractivity contribution in [2.45, 2.75) is 5.38 Å². The van der Waals surface area contributed by atoms with E-state index in [1.165, 1.54) is 18.2 Å². The van der Waals surface area contributed by atoms with Gasteiger partial charge in [0.25, 0.3) is 0 Å².